The zero-order valence-electron chi connectivity index (χ0n) is 23.0. The van der Waals surface area contributed by atoms with Crippen LogP contribution in [-0.2, 0) is 26.2 Å². The Morgan fingerprint density at radius 2 is 1.56 bits per heavy atom. The monoisotopic (exact) mass is 553 g/mol. The van der Waals surface area contributed by atoms with Crippen LogP contribution < -0.4 is 9.62 Å². The third-order valence-corrected chi connectivity index (χ3v) is 8.64. The van der Waals surface area contributed by atoms with E-state index in [0.29, 0.717) is 12.1 Å². The number of hydrogen-bond donors (Lipinski definition) is 1. The van der Waals surface area contributed by atoms with Gasteiger partial charge in [0, 0.05) is 18.2 Å². The topological polar surface area (TPSA) is 86.8 Å². The average molecular weight is 554 g/mol. The number of halogens is 1. The largest absolute Gasteiger partial charge is 0.352 e. The Balaban J connectivity index is 2.05. The summed E-state index contributed by atoms with van der Waals surface area (Å²) in [5, 5.41) is 2.86. The van der Waals surface area contributed by atoms with Crippen LogP contribution in [0.5, 0.6) is 0 Å². The van der Waals surface area contributed by atoms with Crippen molar-refractivity contribution in [3.8, 4) is 0 Å². The Morgan fingerprint density at radius 1 is 0.923 bits per heavy atom. The van der Waals surface area contributed by atoms with Gasteiger partial charge in [0.2, 0.25) is 11.8 Å². The SMILES string of the molecule is CC[C@H](C)NC(=O)[C@@H](C)N(Cc1ccccc1F)C(=O)CN(c1ccc(C)c(C)c1)S(=O)(=O)c1ccccc1. The molecule has 9 heteroatoms. The normalized spacial score (nSPS) is 12.9. The van der Waals surface area contributed by atoms with Crippen LogP contribution in [0.4, 0.5) is 10.1 Å². The molecule has 39 heavy (non-hydrogen) atoms. The second-order valence-electron chi connectivity index (χ2n) is 9.70. The van der Waals surface area contributed by atoms with E-state index in [4.69, 9.17) is 0 Å². The molecule has 208 valence electrons. The molecular formula is C30H36FN3O4S. The Bertz CT molecular complexity index is 1410. The first kappa shape index (κ1) is 29.8. The van der Waals surface area contributed by atoms with Crippen LogP contribution in [0.25, 0.3) is 0 Å². The molecule has 0 radical (unpaired) electrons. The van der Waals surface area contributed by atoms with Crippen molar-refractivity contribution in [3.05, 3.63) is 95.3 Å². The van der Waals surface area contributed by atoms with E-state index in [-0.39, 0.29) is 23.0 Å². The summed E-state index contributed by atoms with van der Waals surface area (Å²) < 4.78 is 43.3. The van der Waals surface area contributed by atoms with Gasteiger partial charge >= 0.3 is 0 Å². The standard InChI is InChI=1S/C30H36FN3O4S/c1-6-23(4)32-30(36)24(5)33(19-25-12-10-11-15-28(25)31)29(35)20-34(26-17-16-21(2)22(3)18-26)39(37,38)27-13-8-7-9-14-27/h7-18,23-24H,6,19-20H2,1-5H3,(H,32,36)/t23-,24+/m0/s1. The lowest BCUT2D eigenvalue weighted by Crippen LogP contribution is -2.52. The number of rotatable bonds is 11. The minimum absolute atomic E-state index is 0.0271. The van der Waals surface area contributed by atoms with Gasteiger partial charge in [-0.25, -0.2) is 12.8 Å². The lowest BCUT2D eigenvalue weighted by Gasteiger charge is -2.32. The highest BCUT2D eigenvalue weighted by Crippen LogP contribution is 2.26. The maximum absolute atomic E-state index is 14.6. The van der Waals surface area contributed by atoms with Crippen molar-refractivity contribution in [2.45, 2.75) is 64.6 Å². The van der Waals surface area contributed by atoms with Gasteiger partial charge < -0.3 is 10.2 Å². The fourth-order valence-corrected chi connectivity index (χ4v) is 5.41. The molecule has 0 heterocycles. The molecule has 0 saturated carbocycles. The molecule has 0 saturated heterocycles. The van der Waals surface area contributed by atoms with E-state index in [1.54, 1.807) is 49.4 Å². The summed E-state index contributed by atoms with van der Waals surface area (Å²) in [6.45, 7) is 8.33. The van der Waals surface area contributed by atoms with Crippen LogP contribution in [-0.4, -0.2) is 43.8 Å². The van der Waals surface area contributed by atoms with E-state index in [2.05, 4.69) is 5.32 Å². The number of carbonyl (C=O) groups excluding carboxylic acids is 2. The molecule has 0 aliphatic rings. The number of nitrogens with zero attached hydrogens (tertiary/aromatic N) is 2. The number of nitrogens with one attached hydrogen (secondary N) is 1. The number of carbonyl (C=O) groups is 2. The molecular weight excluding hydrogens is 517 g/mol. The Hall–Kier alpha value is -3.72. The molecule has 0 aliphatic heterocycles. The van der Waals surface area contributed by atoms with E-state index >= 15 is 0 Å². The Morgan fingerprint density at radius 3 is 2.18 bits per heavy atom. The van der Waals surface area contributed by atoms with E-state index in [0.717, 1.165) is 15.4 Å². The summed E-state index contributed by atoms with van der Waals surface area (Å²) in [5.41, 5.74) is 2.37. The summed E-state index contributed by atoms with van der Waals surface area (Å²) in [6.07, 6.45) is 0.690. The number of anilines is 1. The second kappa shape index (κ2) is 12.9. The fraction of sp³-hybridized carbons (Fsp3) is 0.333. The van der Waals surface area contributed by atoms with Crippen molar-refractivity contribution < 1.29 is 22.4 Å². The fourth-order valence-electron chi connectivity index (χ4n) is 3.99. The molecule has 2 amide bonds. The van der Waals surface area contributed by atoms with Crippen molar-refractivity contribution in [3.63, 3.8) is 0 Å². The van der Waals surface area contributed by atoms with Crippen molar-refractivity contribution in [2.75, 3.05) is 10.8 Å². The van der Waals surface area contributed by atoms with Crippen LogP contribution >= 0.6 is 0 Å². The number of hydrogen-bond acceptors (Lipinski definition) is 4. The van der Waals surface area contributed by atoms with E-state index < -0.39 is 40.2 Å². The highest BCUT2D eigenvalue weighted by molar-refractivity contribution is 7.92. The van der Waals surface area contributed by atoms with E-state index in [1.807, 2.05) is 27.7 Å². The van der Waals surface area contributed by atoms with Gasteiger partial charge in [0.25, 0.3) is 10.0 Å². The summed E-state index contributed by atoms with van der Waals surface area (Å²) in [6, 6.07) is 17.9. The van der Waals surface area contributed by atoms with Gasteiger partial charge in [-0.1, -0.05) is 49.4 Å². The van der Waals surface area contributed by atoms with Crippen LogP contribution in [0, 0.1) is 19.7 Å². The van der Waals surface area contributed by atoms with Crippen molar-refractivity contribution in [1.29, 1.82) is 0 Å². The maximum atomic E-state index is 14.6. The number of benzene rings is 3. The first-order chi connectivity index (χ1) is 18.4. The van der Waals surface area contributed by atoms with Gasteiger partial charge in [-0.2, -0.15) is 0 Å². The van der Waals surface area contributed by atoms with Gasteiger partial charge in [0.1, 0.15) is 18.4 Å². The summed E-state index contributed by atoms with van der Waals surface area (Å²) in [4.78, 5) is 28.2. The highest BCUT2D eigenvalue weighted by Gasteiger charge is 2.33. The minimum atomic E-state index is -4.15. The zero-order chi connectivity index (χ0) is 28.7. The van der Waals surface area contributed by atoms with Gasteiger partial charge in [0.05, 0.1) is 10.6 Å². The first-order valence-electron chi connectivity index (χ1n) is 12.9. The van der Waals surface area contributed by atoms with Crippen LogP contribution in [0.3, 0.4) is 0 Å². The molecule has 7 nitrogen and oxygen atoms in total. The lowest BCUT2D eigenvalue weighted by atomic mass is 10.1. The molecule has 0 spiro atoms. The molecule has 2 atom stereocenters. The maximum Gasteiger partial charge on any atom is 0.264 e. The van der Waals surface area contributed by atoms with Gasteiger partial charge in [0.15, 0.2) is 0 Å². The quantitative estimate of drug-likeness (QED) is 0.363. The molecule has 1 N–H and O–H groups in total. The molecule has 0 unspecified atom stereocenters. The smallest absolute Gasteiger partial charge is 0.264 e. The predicted octanol–water partition coefficient (Wildman–Crippen LogP) is 4.97. The summed E-state index contributed by atoms with van der Waals surface area (Å²) in [7, 11) is -4.15. The van der Waals surface area contributed by atoms with Gasteiger partial charge in [-0.05, 0) is 75.6 Å². The Kier molecular flexibility index (Phi) is 9.86. The number of sulfonamides is 1. The number of amides is 2. The minimum Gasteiger partial charge on any atom is -0.352 e. The van der Waals surface area contributed by atoms with Crippen molar-refractivity contribution >= 4 is 27.5 Å². The lowest BCUT2D eigenvalue weighted by molar-refractivity contribution is -0.139. The molecule has 3 rings (SSSR count). The summed E-state index contributed by atoms with van der Waals surface area (Å²) >= 11 is 0. The second-order valence-corrected chi connectivity index (χ2v) is 11.6. The molecule has 3 aromatic rings. The van der Waals surface area contributed by atoms with E-state index in [1.165, 1.54) is 35.2 Å². The third kappa shape index (κ3) is 7.23. The first-order valence-corrected chi connectivity index (χ1v) is 14.4. The van der Waals surface area contributed by atoms with Gasteiger partial charge in [-0.15, -0.1) is 0 Å². The van der Waals surface area contributed by atoms with Gasteiger partial charge in [-0.3, -0.25) is 13.9 Å². The zero-order valence-corrected chi connectivity index (χ0v) is 23.8. The van der Waals surface area contributed by atoms with Crippen molar-refractivity contribution in [1.82, 2.24) is 10.2 Å². The summed E-state index contributed by atoms with van der Waals surface area (Å²) in [5.74, 6) is -1.56. The van der Waals surface area contributed by atoms with Crippen LogP contribution in [0.1, 0.15) is 43.9 Å². The number of aryl methyl sites for hydroxylation is 2. The predicted molar refractivity (Wildman–Crippen MR) is 151 cm³/mol. The highest BCUT2D eigenvalue weighted by atomic mass is 32.2. The van der Waals surface area contributed by atoms with Crippen LogP contribution in [0.15, 0.2) is 77.7 Å². The van der Waals surface area contributed by atoms with Crippen LogP contribution in [0.2, 0.25) is 0 Å². The van der Waals surface area contributed by atoms with E-state index in [9.17, 15) is 22.4 Å². The van der Waals surface area contributed by atoms with Crippen molar-refractivity contribution in [2.24, 2.45) is 0 Å². The Labute approximate surface area is 230 Å². The molecule has 0 aromatic heterocycles. The molecule has 0 fully saturated rings. The molecule has 3 aromatic carbocycles. The molecule has 0 aliphatic carbocycles. The average Bonchev–Trinajstić information content (AvgIpc) is 2.92. The third-order valence-electron chi connectivity index (χ3n) is 6.86. The molecule has 0 bridgehead atoms.